The molecule has 4 aromatic rings. The van der Waals surface area contributed by atoms with Gasteiger partial charge in [-0.3, -0.25) is 4.79 Å². The number of benzene rings is 1. The highest BCUT2D eigenvalue weighted by molar-refractivity contribution is 5.94. The second-order valence-corrected chi connectivity index (χ2v) is 8.03. The van der Waals surface area contributed by atoms with Gasteiger partial charge in [-0.25, -0.2) is 10.1 Å². The van der Waals surface area contributed by atoms with Gasteiger partial charge in [-0.2, -0.15) is 9.90 Å². The maximum atomic E-state index is 12.6. The quantitative estimate of drug-likeness (QED) is 0.405. The van der Waals surface area contributed by atoms with Crippen molar-refractivity contribution in [2.45, 2.75) is 32.2 Å². The molecule has 3 N–H and O–H groups in total. The number of tetrazole rings is 1. The summed E-state index contributed by atoms with van der Waals surface area (Å²) in [7, 11) is 0. The highest BCUT2D eigenvalue weighted by Gasteiger charge is 2.16. The number of H-pyrrole nitrogens is 1. The average Bonchev–Trinajstić information content (AvgIpc) is 3.12. The van der Waals surface area contributed by atoms with Crippen LogP contribution in [0.2, 0.25) is 0 Å². The van der Waals surface area contributed by atoms with Crippen LogP contribution in [0.25, 0.3) is 22.2 Å². The zero-order valence-electron chi connectivity index (χ0n) is 18.1. The van der Waals surface area contributed by atoms with E-state index in [1.165, 1.54) is 17.6 Å². The minimum absolute atomic E-state index is 0.0508. The number of nitrogens with zero attached hydrogens (tertiary/aromatic N) is 7. The van der Waals surface area contributed by atoms with Crippen LogP contribution < -0.4 is 15.8 Å². The first-order valence-electron chi connectivity index (χ1n) is 11.1. The summed E-state index contributed by atoms with van der Waals surface area (Å²) in [5, 5.41) is 32.2. The van der Waals surface area contributed by atoms with Gasteiger partial charge in [-0.15, -0.1) is 10.2 Å². The smallest absolute Gasteiger partial charge is 0.275 e. The lowest BCUT2D eigenvalue weighted by molar-refractivity contribution is 0.259. The third-order valence-electron chi connectivity index (χ3n) is 5.72. The molecule has 33 heavy (non-hydrogen) atoms. The molecule has 0 unspecified atom stereocenters. The summed E-state index contributed by atoms with van der Waals surface area (Å²) < 4.78 is 0. The number of nitrogens with one attached hydrogen (secondary N) is 2. The van der Waals surface area contributed by atoms with Gasteiger partial charge in [0.2, 0.25) is 5.82 Å². The van der Waals surface area contributed by atoms with Crippen LogP contribution in [0.4, 0.5) is 17.3 Å². The summed E-state index contributed by atoms with van der Waals surface area (Å²) in [5.41, 5.74) is 1.29. The molecule has 0 atom stereocenters. The van der Waals surface area contributed by atoms with Crippen molar-refractivity contribution in [2.75, 3.05) is 29.9 Å². The van der Waals surface area contributed by atoms with Crippen LogP contribution in [0, 0.1) is 0 Å². The van der Waals surface area contributed by atoms with E-state index in [0.717, 1.165) is 48.4 Å². The number of anilines is 3. The molecule has 0 radical (unpaired) electrons. The van der Waals surface area contributed by atoms with Crippen molar-refractivity contribution < 1.29 is 5.11 Å². The summed E-state index contributed by atoms with van der Waals surface area (Å²) in [6, 6.07) is 9.44. The van der Waals surface area contributed by atoms with Gasteiger partial charge in [0.25, 0.3) is 5.56 Å². The molecule has 170 valence electrons. The molecule has 1 fully saturated rings. The minimum Gasteiger partial charge on any atom is -0.394 e. The number of pyridine rings is 1. The predicted octanol–water partition coefficient (Wildman–Crippen LogP) is 2.09. The van der Waals surface area contributed by atoms with Crippen LogP contribution >= 0.6 is 0 Å². The predicted molar refractivity (Wildman–Crippen MR) is 124 cm³/mol. The monoisotopic (exact) mass is 447 g/mol. The molecular weight excluding hydrogens is 422 g/mol. The molecule has 1 saturated heterocycles. The van der Waals surface area contributed by atoms with Gasteiger partial charge >= 0.3 is 0 Å². The van der Waals surface area contributed by atoms with E-state index in [4.69, 9.17) is 10.1 Å². The molecule has 0 amide bonds. The van der Waals surface area contributed by atoms with Crippen molar-refractivity contribution >= 4 is 28.1 Å². The third kappa shape index (κ3) is 4.53. The first-order chi connectivity index (χ1) is 16.2. The zero-order chi connectivity index (χ0) is 22.6. The van der Waals surface area contributed by atoms with Crippen molar-refractivity contribution in [3.05, 3.63) is 46.9 Å². The zero-order valence-corrected chi connectivity index (χ0v) is 18.1. The Morgan fingerprint density at radius 2 is 1.88 bits per heavy atom. The second-order valence-electron chi connectivity index (χ2n) is 8.03. The second kappa shape index (κ2) is 9.33. The molecule has 11 nitrogen and oxygen atoms in total. The summed E-state index contributed by atoms with van der Waals surface area (Å²) in [6.45, 7) is 2.15. The van der Waals surface area contributed by atoms with Crippen LogP contribution in [0.15, 0.2) is 41.3 Å². The van der Waals surface area contributed by atoms with Gasteiger partial charge in [0, 0.05) is 29.7 Å². The molecule has 4 heterocycles. The molecule has 1 aromatic carbocycles. The van der Waals surface area contributed by atoms with Crippen molar-refractivity contribution in [1.82, 2.24) is 35.4 Å². The fourth-order valence-corrected chi connectivity index (χ4v) is 4.04. The van der Waals surface area contributed by atoms with Crippen LogP contribution in [-0.4, -0.2) is 60.2 Å². The average molecular weight is 448 g/mol. The van der Waals surface area contributed by atoms with E-state index in [2.05, 4.69) is 35.8 Å². The molecule has 0 bridgehead atoms. The molecular formula is C22H25N9O2. The first-order valence-corrected chi connectivity index (χ1v) is 11.1. The summed E-state index contributed by atoms with van der Waals surface area (Å²) >= 11 is 0. The van der Waals surface area contributed by atoms with Crippen molar-refractivity contribution in [1.29, 1.82) is 0 Å². The van der Waals surface area contributed by atoms with E-state index in [-0.39, 0.29) is 12.2 Å². The number of aliphatic hydroxyl groups excluding tert-OH is 1. The Morgan fingerprint density at radius 3 is 2.64 bits per heavy atom. The highest BCUT2D eigenvalue weighted by atomic mass is 16.3. The van der Waals surface area contributed by atoms with E-state index in [0.29, 0.717) is 23.6 Å². The number of aromatic amines is 1. The number of aliphatic hydroxyl groups is 1. The minimum atomic E-state index is -0.286. The molecule has 0 spiro atoms. The molecule has 3 aromatic heterocycles. The highest BCUT2D eigenvalue weighted by Crippen LogP contribution is 2.28. The van der Waals surface area contributed by atoms with Crippen molar-refractivity contribution in [2.24, 2.45) is 0 Å². The van der Waals surface area contributed by atoms with E-state index < -0.39 is 0 Å². The maximum Gasteiger partial charge on any atom is 0.275 e. The lowest BCUT2D eigenvalue weighted by Gasteiger charge is -2.23. The van der Waals surface area contributed by atoms with E-state index in [1.807, 2.05) is 30.3 Å². The Bertz CT molecular complexity index is 1290. The van der Waals surface area contributed by atoms with Gasteiger partial charge in [-0.05, 0) is 48.4 Å². The van der Waals surface area contributed by atoms with Crippen molar-refractivity contribution in [3.63, 3.8) is 0 Å². The van der Waals surface area contributed by atoms with Gasteiger partial charge in [-0.1, -0.05) is 12.8 Å². The maximum absolute atomic E-state index is 12.6. The van der Waals surface area contributed by atoms with Crippen LogP contribution in [0.1, 0.15) is 25.7 Å². The Kier molecular flexibility index (Phi) is 5.94. The summed E-state index contributed by atoms with van der Waals surface area (Å²) in [6.07, 6.45) is 6.38. The van der Waals surface area contributed by atoms with E-state index >= 15 is 0 Å². The van der Waals surface area contributed by atoms with Crippen LogP contribution in [0.3, 0.4) is 0 Å². The van der Waals surface area contributed by atoms with Gasteiger partial charge in [0.05, 0.1) is 24.7 Å². The number of hydrogen-bond acceptors (Lipinski definition) is 9. The lowest BCUT2D eigenvalue weighted by atomic mass is 10.2. The van der Waals surface area contributed by atoms with Gasteiger partial charge in [0.15, 0.2) is 0 Å². The Morgan fingerprint density at radius 1 is 1.09 bits per heavy atom. The molecule has 5 rings (SSSR count). The third-order valence-corrected chi connectivity index (χ3v) is 5.72. The molecule has 0 aliphatic carbocycles. The first kappa shape index (κ1) is 21.0. The van der Waals surface area contributed by atoms with Gasteiger partial charge < -0.3 is 15.3 Å². The van der Waals surface area contributed by atoms with Gasteiger partial charge in [0.1, 0.15) is 11.6 Å². The molecule has 1 aliphatic heterocycles. The number of rotatable bonds is 6. The Hall–Kier alpha value is -3.86. The number of fused-ring (bicyclic) bond motifs is 1. The van der Waals surface area contributed by atoms with Crippen LogP contribution in [0.5, 0.6) is 0 Å². The van der Waals surface area contributed by atoms with E-state index in [1.54, 1.807) is 6.20 Å². The molecule has 1 aliphatic rings. The largest absolute Gasteiger partial charge is 0.394 e. The fraction of sp³-hybridized carbons (Fsp3) is 0.364. The number of hydrogen-bond donors (Lipinski definition) is 3. The van der Waals surface area contributed by atoms with Crippen LogP contribution in [-0.2, 0) is 6.54 Å². The summed E-state index contributed by atoms with van der Waals surface area (Å²) in [4.78, 5) is 21.0. The van der Waals surface area contributed by atoms with E-state index in [9.17, 15) is 4.79 Å². The fourth-order valence-electron chi connectivity index (χ4n) is 4.04. The molecule has 11 heteroatoms. The SMILES string of the molecule is O=c1[nH]ncc2cc(N3CCCCCC3)nc(Nc3ccc(-c4nnn(CCO)n4)cc3)c12. The normalized spacial score (nSPS) is 14.4. The molecule has 0 saturated carbocycles. The lowest BCUT2D eigenvalue weighted by Crippen LogP contribution is -2.25. The summed E-state index contributed by atoms with van der Waals surface area (Å²) in [5.74, 6) is 1.82. The Balaban J connectivity index is 1.46. The van der Waals surface area contributed by atoms with Crippen molar-refractivity contribution in [3.8, 4) is 11.4 Å². The Labute approximate surface area is 189 Å². The standard InChI is InChI=1S/C22H25N9O2/c32-12-11-31-28-20(26-29-31)15-5-7-17(8-6-15)24-21-19-16(14-23-27-22(19)33)13-18(25-21)30-9-3-1-2-4-10-30/h5-8,13-14,32H,1-4,9-12H2,(H,24,25)(H,27,33). The topological polar surface area (TPSA) is 138 Å². The number of aromatic nitrogens is 7.